The van der Waals surface area contributed by atoms with Crippen molar-refractivity contribution in [2.45, 2.75) is 39.7 Å². The first-order chi connectivity index (χ1) is 13.9. The minimum Gasteiger partial charge on any atom is -0.437 e. The first kappa shape index (κ1) is 22.4. The molecular formula is C22H26ClN3O3. The molecule has 0 aliphatic rings. The van der Waals surface area contributed by atoms with Gasteiger partial charge in [0.1, 0.15) is 5.75 Å². The van der Waals surface area contributed by atoms with Gasteiger partial charge in [0, 0.05) is 25.2 Å². The van der Waals surface area contributed by atoms with Gasteiger partial charge in [0.05, 0.1) is 11.6 Å². The normalized spacial score (nSPS) is 11.9. The molecule has 154 valence electrons. The molecule has 6 nitrogen and oxygen atoms in total. The number of carbonyl (C=O) groups excluding carboxylic acids is 2. The molecule has 7 heteroatoms. The zero-order chi connectivity index (χ0) is 21.2. The molecule has 2 N–H and O–H groups in total. The number of ether oxygens (including phenoxy) is 1. The highest BCUT2D eigenvalue weighted by Crippen LogP contribution is 2.29. The monoisotopic (exact) mass is 415 g/mol. The van der Waals surface area contributed by atoms with Crippen LogP contribution < -0.4 is 15.4 Å². The lowest BCUT2D eigenvalue weighted by atomic mass is 10.1. The molecule has 2 amide bonds. The number of pyridine rings is 1. The van der Waals surface area contributed by atoms with Gasteiger partial charge in [-0.25, -0.2) is 4.98 Å². The summed E-state index contributed by atoms with van der Waals surface area (Å²) in [4.78, 5) is 26.8. The first-order valence-electron chi connectivity index (χ1n) is 9.51. The largest absolute Gasteiger partial charge is 0.437 e. The Hall–Kier alpha value is -2.86. The van der Waals surface area contributed by atoms with Gasteiger partial charge < -0.3 is 15.4 Å². The predicted molar refractivity (Wildman–Crippen MR) is 115 cm³/mol. The summed E-state index contributed by atoms with van der Waals surface area (Å²) in [6, 6.07) is 9.21. The lowest BCUT2D eigenvalue weighted by Gasteiger charge is -2.10. The van der Waals surface area contributed by atoms with Crippen LogP contribution in [0.1, 0.15) is 38.3 Å². The fraction of sp³-hybridized carbons (Fsp3) is 0.318. The maximum atomic E-state index is 11.7. The van der Waals surface area contributed by atoms with Gasteiger partial charge in [0.2, 0.25) is 17.7 Å². The molecule has 0 saturated heterocycles. The molecular weight excluding hydrogens is 390 g/mol. The van der Waals surface area contributed by atoms with Crippen molar-refractivity contribution in [2.75, 3.05) is 6.54 Å². The van der Waals surface area contributed by atoms with Crippen LogP contribution in [-0.4, -0.2) is 29.4 Å². The SMILES string of the molecule is CCCc1ccc(Oc2ccc(/C=C/[C@H](C)NC(=O)CNC(C)=O)cn2)c(Cl)c1. The van der Waals surface area contributed by atoms with Gasteiger partial charge in [-0.15, -0.1) is 0 Å². The van der Waals surface area contributed by atoms with E-state index in [-0.39, 0.29) is 24.4 Å². The summed E-state index contributed by atoms with van der Waals surface area (Å²) in [5, 5.41) is 5.79. The Labute approximate surface area is 176 Å². The Morgan fingerprint density at radius 1 is 1.28 bits per heavy atom. The van der Waals surface area contributed by atoms with E-state index >= 15 is 0 Å². The van der Waals surface area contributed by atoms with E-state index in [1.165, 1.54) is 12.5 Å². The van der Waals surface area contributed by atoms with Crippen LogP contribution in [0.15, 0.2) is 42.6 Å². The van der Waals surface area contributed by atoms with Crippen LogP contribution >= 0.6 is 11.6 Å². The average Bonchev–Trinajstić information content (AvgIpc) is 2.68. The third-order valence-corrected chi connectivity index (χ3v) is 4.27. The summed E-state index contributed by atoms with van der Waals surface area (Å²) in [6.45, 7) is 5.30. The fourth-order valence-electron chi connectivity index (χ4n) is 2.55. The molecule has 1 heterocycles. The second-order valence-corrected chi connectivity index (χ2v) is 7.08. The third kappa shape index (κ3) is 7.95. The second kappa shape index (κ2) is 11.2. The molecule has 29 heavy (non-hydrogen) atoms. The minimum atomic E-state index is -0.249. The first-order valence-corrected chi connectivity index (χ1v) is 9.89. The van der Waals surface area contributed by atoms with Crippen LogP contribution in [0.2, 0.25) is 5.02 Å². The number of hydrogen-bond donors (Lipinski definition) is 2. The van der Waals surface area contributed by atoms with Crippen molar-refractivity contribution in [3.8, 4) is 11.6 Å². The number of aromatic nitrogens is 1. The van der Waals surface area contributed by atoms with Crippen LogP contribution in [-0.2, 0) is 16.0 Å². The van der Waals surface area contributed by atoms with Gasteiger partial charge >= 0.3 is 0 Å². The van der Waals surface area contributed by atoms with E-state index in [1.54, 1.807) is 12.3 Å². The van der Waals surface area contributed by atoms with Gasteiger partial charge in [-0.1, -0.05) is 43.2 Å². The van der Waals surface area contributed by atoms with Crippen molar-refractivity contribution in [3.63, 3.8) is 0 Å². The van der Waals surface area contributed by atoms with E-state index in [0.717, 1.165) is 18.4 Å². The average molecular weight is 416 g/mol. The highest BCUT2D eigenvalue weighted by atomic mass is 35.5. The number of aryl methyl sites for hydroxylation is 1. The second-order valence-electron chi connectivity index (χ2n) is 6.67. The molecule has 1 aromatic carbocycles. The van der Waals surface area contributed by atoms with Crippen LogP contribution in [0.4, 0.5) is 0 Å². The van der Waals surface area contributed by atoms with Crippen molar-refractivity contribution >= 4 is 29.5 Å². The summed E-state index contributed by atoms with van der Waals surface area (Å²) in [5.74, 6) is 0.526. The number of rotatable bonds is 9. The maximum Gasteiger partial charge on any atom is 0.239 e. The summed E-state index contributed by atoms with van der Waals surface area (Å²) < 4.78 is 5.76. The van der Waals surface area contributed by atoms with Crippen molar-refractivity contribution in [1.29, 1.82) is 0 Å². The Morgan fingerprint density at radius 2 is 2.07 bits per heavy atom. The number of nitrogens with zero attached hydrogens (tertiary/aromatic N) is 1. The van der Waals surface area contributed by atoms with E-state index in [2.05, 4.69) is 22.5 Å². The smallest absolute Gasteiger partial charge is 0.239 e. The number of carbonyl (C=O) groups is 2. The standard InChI is InChI=1S/C22H26ClN3O3/c1-4-5-17-8-10-20(19(23)12-17)29-22-11-9-18(13-25-22)7-6-15(2)26-21(28)14-24-16(3)27/h6-13,15H,4-5,14H2,1-3H3,(H,24,27)(H,26,28)/b7-6+/t15-/m0/s1. The molecule has 1 aromatic heterocycles. The molecule has 0 fully saturated rings. The zero-order valence-electron chi connectivity index (χ0n) is 16.9. The van der Waals surface area contributed by atoms with Gasteiger partial charge in [0.15, 0.2) is 0 Å². The highest BCUT2D eigenvalue weighted by Gasteiger charge is 2.07. The van der Waals surface area contributed by atoms with Gasteiger partial charge in [-0.05, 0) is 42.7 Å². The molecule has 0 unspecified atom stereocenters. The van der Waals surface area contributed by atoms with Crippen LogP contribution in [0.5, 0.6) is 11.6 Å². The van der Waals surface area contributed by atoms with E-state index in [9.17, 15) is 9.59 Å². The van der Waals surface area contributed by atoms with Crippen LogP contribution in [0, 0.1) is 0 Å². The highest BCUT2D eigenvalue weighted by molar-refractivity contribution is 6.32. The Bertz CT molecular complexity index is 866. The molecule has 0 radical (unpaired) electrons. The molecule has 1 atom stereocenters. The topological polar surface area (TPSA) is 80.3 Å². The van der Waals surface area contributed by atoms with Crippen molar-refractivity contribution in [1.82, 2.24) is 15.6 Å². The number of hydrogen-bond acceptors (Lipinski definition) is 4. The summed E-state index contributed by atoms with van der Waals surface area (Å²) in [6.07, 6.45) is 7.41. The van der Waals surface area contributed by atoms with Crippen molar-refractivity contribution < 1.29 is 14.3 Å². The lowest BCUT2D eigenvalue weighted by molar-refractivity contribution is -0.125. The Kier molecular flexibility index (Phi) is 8.68. The van der Waals surface area contributed by atoms with Gasteiger partial charge in [-0.3, -0.25) is 9.59 Å². The summed E-state index contributed by atoms with van der Waals surface area (Å²) in [7, 11) is 0. The van der Waals surface area contributed by atoms with Crippen molar-refractivity contribution in [2.24, 2.45) is 0 Å². The molecule has 2 rings (SSSR count). The number of nitrogens with one attached hydrogen (secondary N) is 2. The van der Waals surface area contributed by atoms with Crippen LogP contribution in [0.25, 0.3) is 6.08 Å². The van der Waals surface area contributed by atoms with Crippen molar-refractivity contribution in [3.05, 3.63) is 58.8 Å². The van der Waals surface area contributed by atoms with E-state index in [0.29, 0.717) is 16.7 Å². The maximum absolute atomic E-state index is 11.7. The van der Waals surface area contributed by atoms with E-state index in [1.807, 2.05) is 43.3 Å². The Morgan fingerprint density at radius 3 is 2.69 bits per heavy atom. The Balaban J connectivity index is 1.90. The quantitative estimate of drug-likeness (QED) is 0.645. The van der Waals surface area contributed by atoms with E-state index in [4.69, 9.17) is 16.3 Å². The lowest BCUT2D eigenvalue weighted by Crippen LogP contribution is -2.39. The number of benzene rings is 1. The third-order valence-electron chi connectivity index (χ3n) is 3.97. The zero-order valence-corrected chi connectivity index (χ0v) is 17.6. The molecule has 0 aliphatic heterocycles. The fourth-order valence-corrected chi connectivity index (χ4v) is 2.79. The number of halogens is 1. The van der Waals surface area contributed by atoms with E-state index < -0.39 is 0 Å². The predicted octanol–water partition coefficient (Wildman–Crippen LogP) is 4.13. The van der Waals surface area contributed by atoms with Gasteiger partial charge in [-0.2, -0.15) is 0 Å². The summed E-state index contributed by atoms with van der Waals surface area (Å²) in [5.41, 5.74) is 2.04. The minimum absolute atomic E-state index is 0.0386. The molecule has 0 aliphatic carbocycles. The summed E-state index contributed by atoms with van der Waals surface area (Å²) >= 11 is 6.29. The molecule has 0 bridgehead atoms. The van der Waals surface area contributed by atoms with Gasteiger partial charge in [0.25, 0.3) is 0 Å². The molecule has 0 saturated carbocycles. The molecule has 0 spiro atoms. The van der Waals surface area contributed by atoms with Crippen LogP contribution in [0.3, 0.4) is 0 Å². The molecule has 2 aromatic rings. The number of amides is 2.